The summed E-state index contributed by atoms with van der Waals surface area (Å²) in [7, 11) is 1.75. The summed E-state index contributed by atoms with van der Waals surface area (Å²) < 4.78 is 4.91. The minimum Gasteiger partial charge on any atom is -0.345 e. The molecule has 1 saturated heterocycles. The standard InChI is InChI=1S/C15H24N4O3/c1-10-16-12(17-22-10)6-7-18(5)14(21)11-8-13(20)19(9-11)15(2,3)4/h11H,6-9H2,1-5H3. The fourth-order valence-corrected chi connectivity index (χ4v) is 2.65. The van der Waals surface area contributed by atoms with Crippen LogP contribution in [0.1, 0.15) is 38.9 Å². The largest absolute Gasteiger partial charge is 0.345 e. The summed E-state index contributed by atoms with van der Waals surface area (Å²) in [5.74, 6) is 0.902. The lowest BCUT2D eigenvalue weighted by atomic mass is 10.1. The zero-order valence-electron chi connectivity index (χ0n) is 13.9. The molecule has 122 valence electrons. The Morgan fingerprint density at radius 3 is 2.64 bits per heavy atom. The van der Waals surface area contributed by atoms with Crippen molar-refractivity contribution in [3.63, 3.8) is 0 Å². The van der Waals surface area contributed by atoms with Crippen molar-refractivity contribution in [2.75, 3.05) is 20.1 Å². The molecule has 0 N–H and O–H groups in total. The highest BCUT2D eigenvalue weighted by Crippen LogP contribution is 2.26. The third kappa shape index (κ3) is 3.64. The first kappa shape index (κ1) is 16.5. The molecule has 1 fully saturated rings. The molecule has 1 atom stereocenters. The summed E-state index contributed by atoms with van der Waals surface area (Å²) in [6.07, 6.45) is 0.838. The summed E-state index contributed by atoms with van der Waals surface area (Å²) >= 11 is 0. The van der Waals surface area contributed by atoms with Crippen LogP contribution in [0.5, 0.6) is 0 Å². The average Bonchev–Trinajstić information content (AvgIpc) is 3.00. The second kappa shape index (κ2) is 6.06. The van der Waals surface area contributed by atoms with Crippen LogP contribution < -0.4 is 0 Å². The van der Waals surface area contributed by atoms with E-state index in [1.54, 1.807) is 23.8 Å². The lowest BCUT2D eigenvalue weighted by Crippen LogP contribution is -2.43. The molecule has 2 amide bonds. The van der Waals surface area contributed by atoms with E-state index in [0.717, 1.165) is 0 Å². The van der Waals surface area contributed by atoms with Gasteiger partial charge in [0.15, 0.2) is 5.82 Å². The van der Waals surface area contributed by atoms with E-state index < -0.39 is 0 Å². The third-order valence-electron chi connectivity index (χ3n) is 3.90. The summed E-state index contributed by atoms with van der Waals surface area (Å²) in [5.41, 5.74) is -0.243. The van der Waals surface area contributed by atoms with Crippen LogP contribution in [-0.4, -0.2) is 57.4 Å². The Morgan fingerprint density at radius 1 is 1.45 bits per heavy atom. The maximum Gasteiger partial charge on any atom is 0.227 e. The number of aryl methyl sites for hydroxylation is 1. The SMILES string of the molecule is Cc1nc(CCN(C)C(=O)C2CC(=O)N(C(C)(C)C)C2)no1. The van der Waals surface area contributed by atoms with Gasteiger partial charge in [0.1, 0.15) is 0 Å². The Morgan fingerprint density at radius 2 is 2.14 bits per heavy atom. The zero-order chi connectivity index (χ0) is 16.5. The second-order valence-electron chi connectivity index (χ2n) is 6.82. The van der Waals surface area contributed by atoms with Gasteiger partial charge in [-0.3, -0.25) is 9.59 Å². The highest BCUT2D eigenvalue weighted by atomic mass is 16.5. The lowest BCUT2D eigenvalue weighted by Gasteiger charge is -2.32. The Bertz CT molecular complexity index is 561. The minimum absolute atomic E-state index is 0.000293. The molecular weight excluding hydrogens is 284 g/mol. The molecule has 22 heavy (non-hydrogen) atoms. The highest BCUT2D eigenvalue weighted by Gasteiger charge is 2.40. The number of amides is 2. The average molecular weight is 308 g/mol. The van der Waals surface area contributed by atoms with Crippen LogP contribution in [0, 0.1) is 12.8 Å². The van der Waals surface area contributed by atoms with E-state index in [4.69, 9.17) is 4.52 Å². The molecule has 7 heteroatoms. The molecular formula is C15H24N4O3. The maximum absolute atomic E-state index is 12.5. The molecule has 0 saturated carbocycles. The first-order valence-electron chi connectivity index (χ1n) is 7.53. The summed E-state index contributed by atoms with van der Waals surface area (Å²) in [6, 6.07) is 0. The molecule has 1 aliphatic rings. The molecule has 1 aromatic rings. The number of likely N-dealkylation sites (tertiary alicyclic amines) is 1. The van der Waals surface area contributed by atoms with E-state index in [9.17, 15) is 9.59 Å². The number of likely N-dealkylation sites (N-methyl/N-ethyl adjacent to an activating group) is 1. The zero-order valence-corrected chi connectivity index (χ0v) is 13.9. The molecule has 0 aliphatic carbocycles. The van der Waals surface area contributed by atoms with Crippen molar-refractivity contribution >= 4 is 11.8 Å². The van der Waals surface area contributed by atoms with Crippen LogP contribution in [0.4, 0.5) is 0 Å². The monoisotopic (exact) mass is 308 g/mol. The topological polar surface area (TPSA) is 79.5 Å². The van der Waals surface area contributed by atoms with Gasteiger partial charge in [-0.2, -0.15) is 4.98 Å². The van der Waals surface area contributed by atoms with Gasteiger partial charge in [0, 0.05) is 45.4 Å². The number of nitrogens with zero attached hydrogens (tertiary/aromatic N) is 4. The number of carbonyl (C=O) groups is 2. The molecule has 1 unspecified atom stereocenters. The first-order chi connectivity index (χ1) is 10.2. The fourth-order valence-electron chi connectivity index (χ4n) is 2.65. The predicted octanol–water partition coefficient (Wildman–Crippen LogP) is 1.03. The quantitative estimate of drug-likeness (QED) is 0.830. The van der Waals surface area contributed by atoms with Crippen molar-refractivity contribution in [3.8, 4) is 0 Å². The summed E-state index contributed by atoms with van der Waals surface area (Å²) in [5, 5.41) is 3.81. The van der Waals surface area contributed by atoms with E-state index in [1.165, 1.54) is 0 Å². The van der Waals surface area contributed by atoms with Crippen LogP contribution in [0.25, 0.3) is 0 Å². The van der Waals surface area contributed by atoms with E-state index >= 15 is 0 Å². The second-order valence-corrected chi connectivity index (χ2v) is 6.82. The van der Waals surface area contributed by atoms with Crippen molar-refractivity contribution in [1.82, 2.24) is 19.9 Å². The van der Waals surface area contributed by atoms with Gasteiger partial charge in [0.2, 0.25) is 17.7 Å². The van der Waals surface area contributed by atoms with E-state index in [2.05, 4.69) is 10.1 Å². The Labute approximate surface area is 130 Å². The first-order valence-corrected chi connectivity index (χ1v) is 7.53. The normalized spacial score (nSPS) is 18.9. The molecule has 1 aliphatic heterocycles. The van der Waals surface area contributed by atoms with E-state index in [1.807, 2.05) is 20.8 Å². The van der Waals surface area contributed by atoms with Crippen molar-refractivity contribution in [2.24, 2.45) is 5.92 Å². The van der Waals surface area contributed by atoms with Gasteiger partial charge in [0.05, 0.1) is 5.92 Å². The maximum atomic E-state index is 12.5. The van der Waals surface area contributed by atoms with E-state index in [-0.39, 0.29) is 23.3 Å². The number of hydrogen-bond donors (Lipinski definition) is 0. The third-order valence-corrected chi connectivity index (χ3v) is 3.90. The fraction of sp³-hybridized carbons (Fsp3) is 0.733. The molecule has 7 nitrogen and oxygen atoms in total. The van der Waals surface area contributed by atoms with Gasteiger partial charge in [-0.15, -0.1) is 0 Å². The number of aromatic nitrogens is 2. The molecule has 0 aromatic carbocycles. The van der Waals surface area contributed by atoms with Crippen LogP contribution in [-0.2, 0) is 16.0 Å². The van der Waals surface area contributed by atoms with Gasteiger partial charge in [-0.25, -0.2) is 0 Å². The summed E-state index contributed by atoms with van der Waals surface area (Å²) in [4.78, 5) is 32.1. The number of carbonyl (C=O) groups excluding carboxylic acids is 2. The van der Waals surface area contributed by atoms with Gasteiger partial charge in [0.25, 0.3) is 0 Å². The number of hydrogen-bond acceptors (Lipinski definition) is 5. The molecule has 1 aromatic heterocycles. The van der Waals surface area contributed by atoms with Gasteiger partial charge < -0.3 is 14.3 Å². The van der Waals surface area contributed by atoms with Crippen molar-refractivity contribution in [1.29, 1.82) is 0 Å². The summed E-state index contributed by atoms with van der Waals surface area (Å²) in [6.45, 7) is 8.70. The van der Waals surface area contributed by atoms with Crippen LogP contribution in [0.15, 0.2) is 4.52 Å². The highest BCUT2D eigenvalue weighted by molar-refractivity contribution is 5.89. The molecule has 0 bridgehead atoms. The predicted molar refractivity (Wildman–Crippen MR) is 79.9 cm³/mol. The van der Waals surface area contributed by atoms with Crippen molar-refractivity contribution in [2.45, 2.75) is 46.1 Å². The Kier molecular flexibility index (Phi) is 4.53. The van der Waals surface area contributed by atoms with Crippen molar-refractivity contribution < 1.29 is 14.1 Å². The molecule has 2 rings (SSSR count). The Hall–Kier alpha value is -1.92. The minimum atomic E-state index is -0.260. The molecule has 0 spiro atoms. The Balaban J connectivity index is 1.90. The lowest BCUT2D eigenvalue weighted by molar-refractivity contribution is -0.134. The van der Waals surface area contributed by atoms with Crippen LogP contribution in [0.3, 0.4) is 0 Å². The molecule has 2 heterocycles. The van der Waals surface area contributed by atoms with Crippen LogP contribution in [0.2, 0.25) is 0 Å². The van der Waals surface area contributed by atoms with Gasteiger partial charge >= 0.3 is 0 Å². The van der Waals surface area contributed by atoms with Crippen molar-refractivity contribution in [3.05, 3.63) is 11.7 Å². The van der Waals surface area contributed by atoms with Gasteiger partial charge in [-0.05, 0) is 20.8 Å². The molecule has 0 radical (unpaired) electrons. The van der Waals surface area contributed by atoms with Gasteiger partial charge in [-0.1, -0.05) is 5.16 Å². The van der Waals surface area contributed by atoms with E-state index in [0.29, 0.717) is 37.6 Å². The number of rotatable bonds is 4. The van der Waals surface area contributed by atoms with Crippen LogP contribution >= 0.6 is 0 Å². The smallest absolute Gasteiger partial charge is 0.227 e.